The summed E-state index contributed by atoms with van der Waals surface area (Å²) >= 11 is 0. The molecule has 1 aromatic rings. The number of fused-ring (bicyclic) bond motifs is 3. The van der Waals surface area contributed by atoms with Crippen LogP contribution >= 0.6 is 0 Å². The maximum absolute atomic E-state index is 12.1. The summed E-state index contributed by atoms with van der Waals surface area (Å²) in [6.45, 7) is 9.88. The van der Waals surface area contributed by atoms with Gasteiger partial charge in [0, 0.05) is 0 Å². The predicted octanol–water partition coefficient (Wildman–Crippen LogP) is 2.98. The largest absolute Gasteiger partial charge is 0.364 e. The predicted molar refractivity (Wildman–Crippen MR) is 105 cm³/mol. The Balaban J connectivity index is 1.52. The van der Waals surface area contributed by atoms with E-state index in [0.717, 1.165) is 11.8 Å². The molecule has 4 saturated heterocycles. The van der Waals surface area contributed by atoms with Gasteiger partial charge >= 0.3 is 0 Å². The topological polar surface area (TPSA) is 72.5 Å². The zero-order valence-corrected chi connectivity index (χ0v) is 18.1. The molecule has 0 saturated carbocycles. The molecule has 4 aliphatic rings. The smallest absolute Gasteiger partial charge is 0.228 e. The van der Waals surface area contributed by atoms with Crippen LogP contribution in [0.1, 0.15) is 46.3 Å². The van der Waals surface area contributed by atoms with E-state index in [4.69, 9.17) is 28.4 Å². The highest BCUT2D eigenvalue weighted by molar-refractivity contribution is 5.57. The van der Waals surface area contributed by atoms with Crippen LogP contribution in [0, 0.1) is 11.8 Å². The second-order valence-corrected chi connectivity index (χ2v) is 9.67. The van der Waals surface area contributed by atoms with Crippen LogP contribution in [-0.4, -0.2) is 54.7 Å². The highest BCUT2D eigenvalue weighted by atomic mass is 16.9. The summed E-state index contributed by atoms with van der Waals surface area (Å²) in [4.78, 5) is 12.1. The molecule has 0 amide bonds. The quantitative estimate of drug-likeness (QED) is 0.699. The standard InChI is InChI=1S/C23H30O7/c1-13-15(11-24)17(14-9-7-6-8-10-14)26-19(13)23-20(29-22(4,5)30-23)18-16(27-23)12-25-21(2,3)28-18/h6-11,13,15-20H,12H2,1-5H3/t13-,15-,16-,17-,18+,19-,20-,23-/m0/s1. The number of ether oxygens (including phenoxy) is 6. The fraction of sp³-hybridized carbons (Fsp3) is 0.696. The lowest BCUT2D eigenvalue weighted by Gasteiger charge is -2.38. The van der Waals surface area contributed by atoms with E-state index in [1.165, 1.54) is 0 Å². The summed E-state index contributed by atoms with van der Waals surface area (Å²) in [6, 6.07) is 9.81. The van der Waals surface area contributed by atoms with E-state index in [0.29, 0.717) is 6.61 Å². The van der Waals surface area contributed by atoms with Crippen LogP contribution in [0.25, 0.3) is 0 Å². The molecule has 0 aromatic heterocycles. The molecule has 1 aromatic carbocycles. The number of aldehydes is 1. The van der Waals surface area contributed by atoms with Gasteiger partial charge < -0.3 is 33.2 Å². The molecule has 164 valence electrons. The molecule has 4 fully saturated rings. The molecule has 0 bridgehead atoms. The van der Waals surface area contributed by atoms with Crippen LogP contribution in [0.5, 0.6) is 0 Å². The Morgan fingerprint density at radius 2 is 1.70 bits per heavy atom. The first-order chi connectivity index (χ1) is 14.2. The Labute approximate surface area is 176 Å². The number of benzene rings is 1. The Morgan fingerprint density at radius 3 is 2.40 bits per heavy atom. The first-order valence-corrected chi connectivity index (χ1v) is 10.7. The van der Waals surface area contributed by atoms with Gasteiger partial charge in [-0.15, -0.1) is 0 Å². The van der Waals surface area contributed by atoms with Gasteiger partial charge in [-0.25, -0.2) is 0 Å². The summed E-state index contributed by atoms with van der Waals surface area (Å²) in [7, 11) is 0. The first-order valence-electron chi connectivity index (χ1n) is 10.7. The van der Waals surface area contributed by atoms with Crippen molar-refractivity contribution in [1.29, 1.82) is 0 Å². The van der Waals surface area contributed by atoms with Gasteiger partial charge in [0.15, 0.2) is 11.6 Å². The molecule has 8 atom stereocenters. The van der Waals surface area contributed by atoms with Crippen LogP contribution in [0.3, 0.4) is 0 Å². The van der Waals surface area contributed by atoms with Crippen LogP contribution in [0.2, 0.25) is 0 Å². The van der Waals surface area contributed by atoms with E-state index in [1.807, 2.05) is 65.0 Å². The molecule has 7 nitrogen and oxygen atoms in total. The van der Waals surface area contributed by atoms with Crippen LogP contribution in [-0.2, 0) is 33.2 Å². The van der Waals surface area contributed by atoms with E-state index in [1.54, 1.807) is 0 Å². The van der Waals surface area contributed by atoms with Gasteiger partial charge in [0.05, 0.1) is 18.6 Å². The lowest BCUT2D eigenvalue weighted by molar-refractivity contribution is -0.338. The SMILES string of the molecule is C[C@H]1[C@H](C=O)[C@H](c2ccccc2)O[C@@H]1[C@@]12O[C@H]3COC(C)(C)O[C@H]3[C@@H]1OC(C)(C)O2. The zero-order valence-electron chi connectivity index (χ0n) is 18.1. The second kappa shape index (κ2) is 6.82. The van der Waals surface area contributed by atoms with E-state index in [9.17, 15) is 4.79 Å². The molecule has 7 heteroatoms. The molecule has 0 aliphatic carbocycles. The van der Waals surface area contributed by atoms with Crippen molar-refractivity contribution >= 4 is 6.29 Å². The molecular formula is C23H30O7. The maximum atomic E-state index is 12.1. The van der Waals surface area contributed by atoms with Gasteiger partial charge in [-0.2, -0.15) is 0 Å². The summed E-state index contributed by atoms with van der Waals surface area (Å²) < 4.78 is 37.8. The fourth-order valence-electron chi connectivity index (χ4n) is 5.39. The van der Waals surface area contributed by atoms with Crippen molar-refractivity contribution in [3.63, 3.8) is 0 Å². The normalized spacial score (nSPS) is 46.4. The first kappa shape index (κ1) is 20.5. The number of hydrogen-bond acceptors (Lipinski definition) is 7. The molecule has 0 radical (unpaired) electrons. The number of hydrogen-bond donors (Lipinski definition) is 0. The lowest BCUT2D eigenvalue weighted by Crippen LogP contribution is -2.54. The van der Waals surface area contributed by atoms with Crippen LogP contribution in [0.15, 0.2) is 30.3 Å². The third-order valence-corrected chi connectivity index (χ3v) is 6.64. The summed E-state index contributed by atoms with van der Waals surface area (Å²) in [6.07, 6.45) is -1.06. The number of rotatable bonds is 3. The molecule has 0 N–H and O–H groups in total. The van der Waals surface area contributed by atoms with Gasteiger partial charge in [-0.1, -0.05) is 37.3 Å². The third kappa shape index (κ3) is 3.06. The van der Waals surface area contributed by atoms with Crippen molar-refractivity contribution in [2.75, 3.05) is 6.61 Å². The van der Waals surface area contributed by atoms with Crippen molar-refractivity contribution < 1.29 is 33.2 Å². The van der Waals surface area contributed by atoms with Crippen molar-refractivity contribution in [3.8, 4) is 0 Å². The Morgan fingerprint density at radius 1 is 0.967 bits per heavy atom. The third-order valence-electron chi connectivity index (χ3n) is 6.64. The molecule has 4 heterocycles. The van der Waals surface area contributed by atoms with E-state index < -0.39 is 29.6 Å². The zero-order chi connectivity index (χ0) is 21.3. The van der Waals surface area contributed by atoms with Gasteiger partial charge in [0.1, 0.15) is 30.7 Å². The van der Waals surface area contributed by atoms with Crippen molar-refractivity contribution in [3.05, 3.63) is 35.9 Å². The minimum Gasteiger partial charge on any atom is -0.364 e. The van der Waals surface area contributed by atoms with Gasteiger partial charge in [-0.3, -0.25) is 0 Å². The highest BCUT2D eigenvalue weighted by Crippen LogP contribution is 2.56. The second-order valence-electron chi connectivity index (χ2n) is 9.67. The molecule has 0 spiro atoms. The van der Waals surface area contributed by atoms with Crippen LogP contribution < -0.4 is 0 Å². The highest BCUT2D eigenvalue weighted by Gasteiger charge is 2.72. The monoisotopic (exact) mass is 418 g/mol. The number of carbonyl (C=O) groups is 1. The molecule has 0 unspecified atom stereocenters. The van der Waals surface area contributed by atoms with Crippen molar-refractivity contribution in [1.82, 2.24) is 0 Å². The molecular weight excluding hydrogens is 388 g/mol. The minimum atomic E-state index is -1.17. The molecule has 30 heavy (non-hydrogen) atoms. The minimum absolute atomic E-state index is 0.137. The summed E-state index contributed by atoms with van der Waals surface area (Å²) in [5, 5.41) is 0. The Bertz CT molecular complexity index is 809. The Hall–Kier alpha value is -1.35. The maximum Gasteiger partial charge on any atom is 0.228 e. The van der Waals surface area contributed by atoms with Crippen molar-refractivity contribution in [2.45, 2.75) is 82.5 Å². The molecule has 5 rings (SSSR count). The van der Waals surface area contributed by atoms with E-state index in [-0.39, 0.29) is 30.1 Å². The summed E-state index contributed by atoms with van der Waals surface area (Å²) in [5.74, 6) is -3.24. The van der Waals surface area contributed by atoms with Gasteiger partial charge in [0.2, 0.25) is 5.79 Å². The van der Waals surface area contributed by atoms with Gasteiger partial charge in [0.25, 0.3) is 0 Å². The molecule has 4 aliphatic heterocycles. The average molecular weight is 418 g/mol. The van der Waals surface area contributed by atoms with Crippen molar-refractivity contribution in [2.24, 2.45) is 11.8 Å². The fourth-order valence-corrected chi connectivity index (χ4v) is 5.39. The average Bonchev–Trinajstić information content (AvgIpc) is 3.26. The Kier molecular flexibility index (Phi) is 4.67. The van der Waals surface area contributed by atoms with E-state index in [2.05, 4.69) is 0 Å². The number of carbonyl (C=O) groups excluding carboxylic acids is 1. The van der Waals surface area contributed by atoms with Crippen LogP contribution in [0.4, 0.5) is 0 Å². The van der Waals surface area contributed by atoms with E-state index >= 15 is 0 Å². The van der Waals surface area contributed by atoms with Gasteiger partial charge in [-0.05, 0) is 39.2 Å². The lowest BCUT2D eigenvalue weighted by atomic mass is 9.83. The summed E-state index contributed by atoms with van der Waals surface area (Å²) in [5.41, 5.74) is 0.964.